The van der Waals surface area contributed by atoms with Crippen LogP contribution in [0.4, 0.5) is 5.69 Å². The van der Waals surface area contributed by atoms with Crippen molar-refractivity contribution in [1.29, 1.82) is 0 Å². The van der Waals surface area contributed by atoms with Gasteiger partial charge in [-0.2, -0.15) is 4.98 Å². The van der Waals surface area contributed by atoms with Crippen molar-refractivity contribution in [3.63, 3.8) is 0 Å². The first-order valence-corrected chi connectivity index (χ1v) is 7.54. The third kappa shape index (κ3) is 4.58. The lowest BCUT2D eigenvalue weighted by Gasteiger charge is -2.10. The van der Waals surface area contributed by atoms with Gasteiger partial charge >= 0.3 is 0 Å². The van der Waals surface area contributed by atoms with Crippen molar-refractivity contribution in [1.82, 2.24) is 10.1 Å². The lowest BCUT2D eigenvalue weighted by molar-refractivity contribution is 0.376. The summed E-state index contributed by atoms with van der Waals surface area (Å²) in [5, 5.41) is 6.81. The first kappa shape index (κ1) is 16.0. The second kappa shape index (κ2) is 7.59. The molecule has 0 amide bonds. The lowest BCUT2D eigenvalue weighted by Crippen LogP contribution is -2.23. The van der Waals surface area contributed by atoms with E-state index in [0.717, 1.165) is 12.1 Å². The van der Waals surface area contributed by atoms with E-state index in [-0.39, 0.29) is 0 Å². The van der Waals surface area contributed by atoms with E-state index in [1.165, 1.54) is 5.56 Å². The Labute approximate surface area is 130 Å². The van der Waals surface area contributed by atoms with Crippen molar-refractivity contribution in [3.05, 3.63) is 41.5 Å². The van der Waals surface area contributed by atoms with E-state index >= 15 is 0 Å². The van der Waals surface area contributed by atoms with Gasteiger partial charge < -0.3 is 15.6 Å². The van der Waals surface area contributed by atoms with E-state index in [1.54, 1.807) is 6.92 Å². The monoisotopic (exact) mass is 301 g/mol. The second-order valence-electron chi connectivity index (χ2n) is 5.31. The highest BCUT2D eigenvalue weighted by molar-refractivity contribution is 5.92. The summed E-state index contributed by atoms with van der Waals surface area (Å²) in [6, 6.07) is 8.27. The molecule has 22 heavy (non-hydrogen) atoms. The summed E-state index contributed by atoms with van der Waals surface area (Å²) in [6.07, 6.45) is 1.71. The molecule has 0 aliphatic heterocycles. The molecule has 6 nitrogen and oxygen atoms in total. The molecule has 1 unspecified atom stereocenters. The van der Waals surface area contributed by atoms with Crippen LogP contribution in [-0.4, -0.2) is 22.6 Å². The number of guanidine groups is 1. The number of aromatic nitrogens is 2. The molecule has 2 rings (SSSR count). The molecule has 0 spiro atoms. The van der Waals surface area contributed by atoms with Crippen LogP contribution in [0.1, 0.15) is 43.5 Å². The van der Waals surface area contributed by atoms with Gasteiger partial charge in [-0.3, -0.25) is 4.99 Å². The summed E-state index contributed by atoms with van der Waals surface area (Å²) in [5.74, 6) is 2.16. The minimum atomic E-state index is 0.382. The summed E-state index contributed by atoms with van der Waals surface area (Å²) in [5.41, 5.74) is 8.13. The number of hydrogen-bond acceptors (Lipinski definition) is 4. The minimum absolute atomic E-state index is 0.382. The van der Waals surface area contributed by atoms with Crippen LogP contribution in [0.25, 0.3) is 0 Å². The minimum Gasteiger partial charge on any atom is -0.370 e. The van der Waals surface area contributed by atoms with E-state index in [2.05, 4.69) is 46.4 Å². The standard InChI is InChI=1S/C16H23N5O/c1-4-11(2)13-5-7-14(8-6-13)20-16(17)18-10-9-15-19-12(3)21-22-15/h5-8,11H,4,9-10H2,1-3H3,(H3,17,18,20). The third-order valence-electron chi connectivity index (χ3n) is 3.54. The largest absolute Gasteiger partial charge is 0.370 e. The molecule has 0 aliphatic carbocycles. The zero-order valence-corrected chi connectivity index (χ0v) is 13.3. The number of aliphatic imine (C=N–C) groups is 1. The van der Waals surface area contributed by atoms with Crippen molar-refractivity contribution >= 4 is 11.6 Å². The number of anilines is 1. The second-order valence-corrected chi connectivity index (χ2v) is 5.31. The number of nitrogens with one attached hydrogen (secondary N) is 1. The quantitative estimate of drug-likeness (QED) is 0.632. The Kier molecular flexibility index (Phi) is 5.52. The normalized spacial score (nSPS) is 13.1. The Morgan fingerprint density at radius 2 is 2.09 bits per heavy atom. The molecule has 1 aromatic carbocycles. The number of nitrogens with two attached hydrogens (primary N) is 1. The highest BCUT2D eigenvalue weighted by Gasteiger charge is 2.04. The molecule has 118 valence electrons. The van der Waals surface area contributed by atoms with Crippen molar-refractivity contribution in [2.45, 2.75) is 39.5 Å². The van der Waals surface area contributed by atoms with Gasteiger partial charge in [0.05, 0.1) is 6.54 Å². The fraction of sp³-hybridized carbons (Fsp3) is 0.438. The molecule has 0 saturated heterocycles. The topological polar surface area (TPSA) is 89.3 Å². The molecule has 0 bridgehead atoms. The van der Waals surface area contributed by atoms with Gasteiger partial charge in [-0.25, -0.2) is 0 Å². The van der Waals surface area contributed by atoms with Crippen LogP contribution >= 0.6 is 0 Å². The molecule has 3 N–H and O–H groups in total. The lowest BCUT2D eigenvalue weighted by atomic mass is 9.99. The van der Waals surface area contributed by atoms with Gasteiger partial charge in [0, 0.05) is 12.1 Å². The molecule has 0 saturated carbocycles. The number of nitrogens with zero attached hydrogens (tertiary/aromatic N) is 3. The molecule has 0 fully saturated rings. The van der Waals surface area contributed by atoms with E-state index < -0.39 is 0 Å². The zero-order chi connectivity index (χ0) is 15.9. The first-order chi connectivity index (χ1) is 10.6. The highest BCUT2D eigenvalue weighted by atomic mass is 16.5. The molecule has 1 atom stereocenters. The Morgan fingerprint density at radius 3 is 2.68 bits per heavy atom. The molecule has 6 heteroatoms. The fourth-order valence-electron chi connectivity index (χ4n) is 2.03. The smallest absolute Gasteiger partial charge is 0.228 e. The van der Waals surface area contributed by atoms with Crippen LogP contribution in [-0.2, 0) is 6.42 Å². The van der Waals surface area contributed by atoms with Crippen molar-refractivity contribution in [2.75, 3.05) is 11.9 Å². The molecule has 0 aliphatic rings. The first-order valence-electron chi connectivity index (χ1n) is 7.54. The Morgan fingerprint density at radius 1 is 1.36 bits per heavy atom. The van der Waals surface area contributed by atoms with E-state index in [1.807, 2.05) is 12.1 Å². The van der Waals surface area contributed by atoms with Crippen LogP contribution < -0.4 is 11.1 Å². The summed E-state index contributed by atoms with van der Waals surface area (Å²) in [6.45, 7) is 6.70. The number of rotatable bonds is 6. The van der Waals surface area contributed by atoms with Crippen LogP contribution in [0.3, 0.4) is 0 Å². The predicted molar refractivity (Wildman–Crippen MR) is 88.0 cm³/mol. The van der Waals surface area contributed by atoms with Gasteiger partial charge in [-0.1, -0.05) is 31.1 Å². The fourth-order valence-corrected chi connectivity index (χ4v) is 2.03. The summed E-state index contributed by atoms with van der Waals surface area (Å²) >= 11 is 0. The average molecular weight is 301 g/mol. The summed E-state index contributed by atoms with van der Waals surface area (Å²) < 4.78 is 5.02. The van der Waals surface area contributed by atoms with E-state index in [9.17, 15) is 0 Å². The molecule has 1 heterocycles. The molecular formula is C16H23N5O. The summed E-state index contributed by atoms with van der Waals surface area (Å²) in [7, 11) is 0. The van der Waals surface area contributed by atoms with Crippen LogP contribution in [0, 0.1) is 6.92 Å². The van der Waals surface area contributed by atoms with Crippen molar-refractivity contribution < 1.29 is 4.52 Å². The van der Waals surface area contributed by atoms with Crippen LogP contribution in [0.2, 0.25) is 0 Å². The number of hydrogen-bond donors (Lipinski definition) is 2. The molecule has 2 aromatic rings. The van der Waals surface area contributed by atoms with E-state index in [4.69, 9.17) is 10.3 Å². The predicted octanol–water partition coefficient (Wildman–Crippen LogP) is 2.86. The van der Waals surface area contributed by atoms with Gasteiger partial charge in [-0.05, 0) is 37.0 Å². The highest BCUT2D eigenvalue weighted by Crippen LogP contribution is 2.20. The Balaban J connectivity index is 1.85. The maximum atomic E-state index is 5.87. The van der Waals surface area contributed by atoms with Crippen LogP contribution in [0.15, 0.2) is 33.8 Å². The van der Waals surface area contributed by atoms with E-state index in [0.29, 0.717) is 36.6 Å². The molecular weight excluding hydrogens is 278 g/mol. The van der Waals surface area contributed by atoms with Gasteiger partial charge in [0.1, 0.15) is 0 Å². The maximum Gasteiger partial charge on any atom is 0.228 e. The van der Waals surface area contributed by atoms with Crippen LogP contribution in [0.5, 0.6) is 0 Å². The average Bonchev–Trinajstić information content (AvgIpc) is 2.92. The maximum absolute atomic E-state index is 5.87. The SMILES string of the molecule is CCC(C)c1ccc(NC(N)=NCCc2nc(C)no2)cc1. The molecule has 1 aromatic heterocycles. The number of aryl methyl sites for hydroxylation is 1. The van der Waals surface area contributed by atoms with Gasteiger partial charge in [-0.15, -0.1) is 0 Å². The van der Waals surface area contributed by atoms with Gasteiger partial charge in [0.2, 0.25) is 5.89 Å². The van der Waals surface area contributed by atoms with Gasteiger partial charge in [0.25, 0.3) is 0 Å². The Hall–Kier alpha value is -2.37. The Bertz CT molecular complexity index is 618. The summed E-state index contributed by atoms with van der Waals surface area (Å²) in [4.78, 5) is 8.37. The van der Waals surface area contributed by atoms with Crippen molar-refractivity contribution in [3.8, 4) is 0 Å². The number of benzene rings is 1. The van der Waals surface area contributed by atoms with Gasteiger partial charge in [0.15, 0.2) is 11.8 Å². The van der Waals surface area contributed by atoms with Crippen molar-refractivity contribution in [2.24, 2.45) is 10.7 Å². The molecule has 0 radical (unpaired) electrons. The third-order valence-corrected chi connectivity index (χ3v) is 3.54. The zero-order valence-electron chi connectivity index (χ0n) is 13.3.